The fraction of sp³-hybridized carbons (Fsp3) is 0.154. The number of benzene rings is 1. The molecule has 0 saturated heterocycles. The Hall–Kier alpha value is -2.08. The molecule has 0 aliphatic carbocycles. The van der Waals surface area contributed by atoms with Crippen molar-refractivity contribution in [1.82, 2.24) is 19.7 Å². The predicted octanol–water partition coefficient (Wildman–Crippen LogP) is 1.95. The molecule has 0 amide bonds. The molecule has 1 aromatic carbocycles. The highest BCUT2D eigenvalue weighted by Gasteiger charge is 2.06. The molecule has 96 valence electrons. The first-order chi connectivity index (χ1) is 9.24. The Balaban J connectivity index is 1.90. The third-order valence-electron chi connectivity index (χ3n) is 2.86. The number of rotatable bonds is 3. The Morgan fingerprint density at radius 1 is 1.37 bits per heavy atom. The van der Waals surface area contributed by atoms with Gasteiger partial charge in [0, 0.05) is 23.9 Å². The molecule has 0 spiro atoms. The van der Waals surface area contributed by atoms with E-state index in [4.69, 9.17) is 0 Å². The first kappa shape index (κ1) is 12.0. The quantitative estimate of drug-likeness (QED) is 0.740. The van der Waals surface area contributed by atoms with Crippen LogP contribution in [0.4, 0.5) is 0 Å². The van der Waals surface area contributed by atoms with Crippen molar-refractivity contribution < 1.29 is 0 Å². The first-order valence-electron chi connectivity index (χ1n) is 5.82. The lowest BCUT2D eigenvalue weighted by Gasteiger charge is -2.03. The van der Waals surface area contributed by atoms with E-state index in [1.807, 2.05) is 37.4 Å². The average Bonchev–Trinajstić information content (AvgIpc) is 2.82. The number of H-pyrrole nitrogens is 1. The van der Waals surface area contributed by atoms with Gasteiger partial charge in [-0.05, 0) is 17.5 Å². The van der Waals surface area contributed by atoms with Crippen LogP contribution in [0.3, 0.4) is 0 Å². The maximum Gasteiger partial charge on any atom is 0.252 e. The summed E-state index contributed by atoms with van der Waals surface area (Å²) in [5.74, 6) is 0.576. The van der Waals surface area contributed by atoms with E-state index in [-0.39, 0.29) is 5.56 Å². The SMILES string of the molecule is Cn1ncnc1SCc1cc2ccccc2[nH]c1=O. The number of hydrogen-bond donors (Lipinski definition) is 1. The van der Waals surface area contributed by atoms with E-state index >= 15 is 0 Å². The van der Waals surface area contributed by atoms with Crippen molar-refractivity contribution in [3.05, 3.63) is 52.6 Å². The zero-order valence-corrected chi connectivity index (χ0v) is 11.1. The molecule has 0 aliphatic heterocycles. The van der Waals surface area contributed by atoms with E-state index in [2.05, 4.69) is 15.1 Å². The minimum Gasteiger partial charge on any atom is -0.322 e. The molecule has 6 heteroatoms. The van der Waals surface area contributed by atoms with Gasteiger partial charge in [-0.3, -0.25) is 4.79 Å². The van der Waals surface area contributed by atoms with Gasteiger partial charge in [0.2, 0.25) is 0 Å². The van der Waals surface area contributed by atoms with Crippen molar-refractivity contribution >= 4 is 22.7 Å². The second-order valence-corrected chi connectivity index (χ2v) is 5.11. The standard InChI is InChI=1S/C13H12N4OS/c1-17-13(14-8-15-17)19-7-10-6-9-4-2-3-5-11(9)16-12(10)18/h2-6,8H,7H2,1H3,(H,16,18). The number of nitrogens with zero attached hydrogens (tertiary/aromatic N) is 3. The highest BCUT2D eigenvalue weighted by atomic mass is 32.2. The smallest absolute Gasteiger partial charge is 0.252 e. The van der Waals surface area contributed by atoms with Gasteiger partial charge in [-0.25, -0.2) is 9.67 Å². The number of thioether (sulfide) groups is 1. The van der Waals surface area contributed by atoms with Crippen LogP contribution in [0.5, 0.6) is 0 Å². The molecule has 1 N–H and O–H groups in total. The highest BCUT2D eigenvalue weighted by molar-refractivity contribution is 7.98. The van der Waals surface area contributed by atoms with Gasteiger partial charge < -0.3 is 4.98 Å². The van der Waals surface area contributed by atoms with E-state index in [1.165, 1.54) is 18.1 Å². The summed E-state index contributed by atoms with van der Waals surface area (Å²) in [4.78, 5) is 19.0. The largest absolute Gasteiger partial charge is 0.322 e. The van der Waals surface area contributed by atoms with Crippen LogP contribution in [0.2, 0.25) is 0 Å². The van der Waals surface area contributed by atoms with Crippen LogP contribution in [0.25, 0.3) is 10.9 Å². The molecule has 2 aromatic heterocycles. The van der Waals surface area contributed by atoms with Gasteiger partial charge in [-0.2, -0.15) is 5.10 Å². The Labute approximate surface area is 113 Å². The first-order valence-corrected chi connectivity index (χ1v) is 6.80. The normalized spacial score (nSPS) is 11.0. The molecule has 2 heterocycles. The summed E-state index contributed by atoms with van der Waals surface area (Å²) in [6.45, 7) is 0. The van der Waals surface area contributed by atoms with Gasteiger partial charge >= 0.3 is 0 Å². The molecule has 0 unspecified atom stereocenters. The van der Waals surface area contributed by atoms with Crippen molar-refractivity contribution in [2.45, 2.75) is 10.9 Å². The third-order valence-corrected chi connectivity index (χ3v) is 3.94. The lowest BCUT2D eigenvalue weighted by molar-refractivity contribution is 0.685. The molecular formula is C13H12N4OS. The molecule has 3 rings (SSSR count). The number of aromatic nitrogens is 4. The maximum absolute atomic E-state index is 12.0. The van der Waals surface area contributed by atoms with Crippen LogP contribution < -0.4 is 5.56 Å². The molecule has 5 nitrogen and oxygen atoms in total. The number of hydrogen-bond acceptors (Lipinski definition) is 4. The van der Waals surface area contributed by atoms with Crippen LogP contribution in [0.1, 0.15) is 5.56 Å². The van der Waals surface area contributed by atoms with Crippen molar-refractivity contribution in [3.63, 3.8) is 0 Å². The summed E-state index contributed by atoms with van der Waals surface area (Å²) < 4.78 is 1.69. The maximum atomic E-state index is 12.0. The Kier molecular flexibility index (Phi) is 3.08. The molecular weight excluding hydrogens is 260 g/mol. The van der Waals surface area contributed by atoms with Crippen molar-refractivity contribution in [3.8, 4) is 0 Å². The lowest BCUT2D eigenvalue weighted by atomic mass is 10.2. The molecule has 0 bridgehead atoms. The van der Waals surface area contributed by atoms with Gasteiger partial charge in [-0.15, -0.1) is 0 Å². The molecule has 0 aliphatic rings. The van der Waals surface area contributed by atoms with Crippen molar-refractivity contribution in [2.75, 3.05) is 0 Å². The van der Waals surface area contributed by atoms with Gasteiger partial charge in [0.15, 0.2) is 5.16 Å². The third kappa shape index (κ3) is 2.39. The molecule has 0 atom stereocenters. The van der Waals surface area contributed by atoms with E-state index in [9.17, 15) is 4.79 Å². The van der Waals surface area contributed by atoms with Gasteiger partial charge in [0.25, 0.3) is 5.56 Å². The van der Waals surface area contributed by atoms with Crippen LogP contribution in [0.15, 0.2) is 46.6 Å². The zero-order chi connectivity index (χ0) is 13.2. The number of aryl methyl sites for hydroxylation is 1. The van der Waals surface area contributed by atoms with Crippen LogP contribution in [-0.2, 0) is 12.8 Å². The fourth-order valence-electron chi connectivity index (χ4n) is 1.86. The topological polar surface area (TPSA) is 63.6 Å². The van der Waals surface area contributed by atoms with E-state index < -0.39 is 0 Å². The van der Waals surface area contributed by atoms with Crippen LogP contribution >= 0.6 is 11.8 Å². The van der Waals surface area contributed by atoms with Crippen LogP contribution in [-0.4, -0.2) is 19.7 Å². The number of aromatic amines is 1. The lowest BCUT2D eigenvalue weighted by Crippen LogP contribution is -2.11. The van der Waals surface area contributed by atoms with E-state index in [0.717, 1.165) is 21.6 Å². The van der Waals surface area contributed by atoms with E-state index in [0.29, 0.717) is 5.75 Å². The van der Waals surface area contributed by atoms with Crippen molar-refractivity contribution in [1.29, 1.82) is 0 Å². The van der Waals surface area contributed by atoms with Gasteiger partial charge in [0.05, 0.1) is 0 Å². The Morgan fingerprint density at radius 3 is 3.00 bits per heavy atom. The molecule has 0 saturated carbocycles. The number of fused-ring (bicyclic) bond motifs is 1. The monoisotopic (exact) mass is 272 g/mol. The summed E-state index contributed by atoms with van der Waals surface area (Å²) in [7, 11) is 1.83. The number of pyridine rings is 1. The molecule has 0 radical (unpaired) electrons. The second-order valence-electron chi connectivity index (χ2n) is 4.17. The van der Waals surface area contributed by atoms with Gasteiger partial charge in [0.1, 0.15) is 6.33 Å². The van der Waals surface area contributed by atoms with Gasteiger partial charge in [-0.1, -0.05) is 30.0 Å². The van der Waals surface area contributed by atoms with Crippen LogP contribution in [0, 0.1) is 0 Å². The summed E-state index contributed by atoms with van der Waals surface area (Å²) in [6.07, 6.45) is 1.51. The zero-order valence-electron chi connectivity index (χ0n) is 10.3. The summed E-state index contributed by atoms with van der Waals surface area (Å²) >= 11 is 1.50. The minimum absolute atomic E-state index is 0.0478. The summed E-state index contributed by atoms with van der Waals surface area (Å²) in [5.41, 5.74) is 1.56. The number of para-hydroxylation sites is 1. The Morgan fingerprint density at radius 2 is 2.21 bits per heavy atom. The number of nitrogens with one attached hydrogen (secondary N) is 1. The van der Waals surface area contributed by atoms with E-state index in [1.54, 1.807) is 4.68 Å². The molecule has 19 heavy (non-hydrogen) atoms. The molecule has 3 aromatic rings. The second kappa shape index (κ2) is 4.89. The summed E-state index contributed by atoms with van der Waals surface area (Å²) in [5, 5.41) is 5.84. The predicted molar refractivity (Wildman–Crippen MR) is 75.1 cm³/mol. The Bertz CT molecular complexity index is 777. The minimum atomic E-state index is -0.0478. The fourth-order valence-corrected chi connectivity index (χ4v) is 2.71. The van der Waals surface area contributed by atoms with Crippen molar-refractivity contribution in [2.24, 2.45) is 7.05 Å². The summed E-state index contributed by atoms with van der Waals surface area (Å²) in [6, 6.07) is 9.68. The average molecular weight is 272 g/mol. The molecule has 0 fully saturated rings. The highest BCUT2D eigenvalue weighted by Crippen LogP contribution is 2.19.